The molecule has 0 amide bonds. The SMILES string of the molecule is O=C(O)C(O)C(O)C(=O)OC(=O)[C@H](O)c1ccccc1. The summed E-state index contributed by atoms with van der Waals surface area (Å²) in [5, 5.41) is 36.0. The summed E-state index contributed by atoms with van der Waals surface area (Å²) in [5.74, 6) is -4.91. The summed E-state index contributed by atoms with van der Waals surface area (Å²) in [6, 6.07) is 7.52. The van der Waals surface area contributed by atoms with Gasteiger partial charge in [0.15, 0.2) is 18.3 Å². The predicted molar refractivity (Wildman–Crippen MR) is 62.2 cm³/mol. The molecule has 108 valence electrons. The Hall–Kier alpha value is -2.29. The van der Waals surface area contributed by atoms with Crippen LogP contribution in [0.1, 0.15) is 11.7 Å². The average molecular weight is 284 g/mol. The molecule has 0 bridgehead atoms. The number of aliphatic hydroxyl groups excluding tert-OH is 3. The summed E-state index contributed by atoms with van der Waals surface area (Å²) in [7, 11) is 0. The fourth-order valence-electron chi connectivity index (χ4n) is 1.25. The second kappa shape index (κ2) is 6.75. The van der Waals surface area contributed by atoms with Crippen LogP contribution < -0.4 is 0 Å². The lowest BCUT2D eigenvalue weighted by molar-refractivity contribution is -0.179. The van der Waals surface area contributed by atoms with Gasteiger partial charge < -0.3 is 25.2 Å². The normalized spacial score (nSPS) is 14.9. The van der Waals surface area contributed by atoms with Gasteiger partial charge in [0.2, 0.25) is 0 Å². The van der Waals surface area contributed by atoms with Crippen LogP contribution in [0.2, 0.25) is 0 Å². The summed E-state index contributed by atoms with van der Waals surface area (Å²) in [6.07, 6.45) is -6.63. The molecule has 0 saturated carbocycles. The number of ether oxygens (including phenoxy) is 1. The highest BCUT2D eigenvalue weighted by Gasteiger charge is 2.34. The Kier molecular flexibility index (Phi) is 5.32. The summed E-state index contributed by atoms with van der Waals surface area (Å²) < 4.78 is 4.10. The van der Waals surface area contributed by atoms with E-state index in [1.54, 1.807) is 6.07 Å². The topological polar surface area (TPSA) is 141 Å². The number of aliphatic carboxylic acids is 1. The van der Waals surface area contributed by atoms with Crippen LogP contribution in [-0.2, 0) is 19.1 Å². The van der Waals surface area contributed by atoms with Crippen molar-refractivity contribution in [1.82, 2.24) is 0 Å². The van der Waals surface area contributed by atoms with E-state index >= 15 is 0 Å². The van der Waals surface area contributed by atoms with Gasteiger partial charge in [-0.05, 0) is 5.56 Å². The molecule has 1 aromatic carbocycles. The molecule has 0 spiro atoms. The van der Waals surface area contributed by atoms with Crippen molar-refractivity contribution < 1.29 is 39.5 Å². The van der Waals surface area contributed by atoms with Gasteiger partial charge in [0.05, 0.1) is 0 Å². The highest BCUT2D eigenvalue weighted by Crippen LogP contribution is 2.14. The van der Waals surface area contributed by atoms with Crippen LogP contribution in [0.25, 0.3) is 0 Å². The number of carboxylic acid groups (broad SMARTS) is 1. The lowest BCUT2D eigenvalue weighted by atomic mass is 10.1. The largest absolute Gasteiger partial charge is 0.479 e. The number of carboxylic acids is 1. The number of hydrogen-bond acceptors (Lipinski definition) is 7. The maximum atomic E-state index is 11.4. The third-order valence-electron chi connectivity index (χ3n) is 2.33. The Morgan fingerprint density at radius 1 is 0.900 bits per heavy atom. The van der Waals surface area contributed by atoms with E-state index in [0.717, 1.165) is 0 Å². The van der Waals surface area contributed by atoms with E-state index in [-0.39, 0.29) is 5.56 Å². The third kappa shape index (κ3) is 3.85. The van der Waals surface area contributed by atoms with Crippen LogP contribution in [0.3, 0.4) is 0 Å². The van der Waals surface area contributed by atoms with Crippen LogP contribution in [0, 0.1) is 0 Å². The van der Waals surface area contributed by atoms with Crippen molar-refractivity contribution in [3.05, 3.63) is 35.9 Å². The molecule has 8 nitrogen and oxygen atoms in total. The fraction of sp³-hybridized carbons (Fsp3) is 0.250. The standard InChI is InChI=1S/C12H12O8/c13-7(6-4-2-1-3-5-6)11(18)20-12(19)9(15)8(14)10(16)17/h1-5,7-9,13-15H,(H,16,17)/t7-,8?,9?/m1/s1. The number of esters is 2. The van der Waals surface area contributed by atoms with Crippen LogP contribution in [0.4, 0.5) is 0 Å². The maximum absolute atomic E-state index is 11.4. The minimum atomic E-state index is -2.43. The lowest BCUT2D eigenvalue weighted by Crippen LogP contribution is -2.41. The van der Waals surface area contributed by atoms with Crippen molar-refractivity contribution in [3.63, 3.8) is 0 Å². The minimum Gasteiger partial charge on any atom is -0.479 e. The first-order chi connectivity index (χ1) is 9.34. The zero-order valence-corrected chi connectivity index (χ0v) is 10.0. The molecule has 0 heterocycles. The first-order valence-corrected chi connectivity index (χ1v) is 5.42. The highest BCUT2D eigenvalue weighted by molar-refractivity contribution is 5.93. The number of aliphatic hydroxyl groups is 3. The van der Waals surface area contributed by atoms with Crippen molar-refractivity contribution in [1.29, 1.82) is 0 Å². The molecule has 2 unspecified atom stereocenters. The molecule has 0 saturated heterocycles. The van der Waals surface area contributed by atoms with Crippen LogP contribution in [0.15, 0.2) is 30.3 Å². The van der Waals surface area contributed by atoms with Crippen molar-refractivity contribution in [2.45, 2.75) is 18.3 Å². The number of hydrogen-bond donors (Lipinski definition) is 4. The molecule has 1 aromatic rings. The van der Waals surface area contributed by atoms with E-state index in [2.05, 4.69) is 4.74 Å². The average Bonchev–Trinajstić information content (AvgIpc) is 2.45. The van der Waals surface area contributed by atoms with Gasteiger partial charge in [-0.25, -0.2) is 14.4 Å². The highest BCUT2D eigenvalue weighted by atomic mass is 16.6. The first kappa shape index (κ1) is 15.8. The molecule has 0 aliphatic heterocycles. The van der Waals surface area contributed by atoms with Crippen molar-refractivity contribution in [2.75, 3.05) is 0 Å². The summed E-state index contributed by atoms with van der Waals surface area (Å²) >= 11 is 0. The van der Waals surface area contributed by atoms with Gasteiger partial charge in [-0.3, -0.25) is 0 Å². The van der Waals surface area contributed by atoms with Crippen LogP contribution in [-0.4, -0.2) is 50.5 Å². The molecule has 0 fully saturated rings. The summed E-state index contributed by atoms with van der Waals surface area (Å²) in [4.78, 5) is 33.0. The zero-order chi connectivity index (χ0) is 15.3. The van der Waals surface area contributed by atoms with E-state index in [1.165, 1.54) is 24.3 Å². The number of rotatable bonds is 5. The summed E-state index contributed by atoms with van der Waals surface area (Å²) in [6.45, 7) is 0. The Labute approximate surface area is 112 Å². The van der Waals surface area contributed by atoms with Crippen molar-refractivity contribution in [2.24, 2.45) is 0 Å². The Morgan fingerprint density at radius 2 is 1.45 bits per heavy atom. The molecular formula is C12H12O8. The second-order valence-electron chi connectivity index (χ2n) is 3.78. The Bertz CT molecular complexity index is 497. The van der Waals surface area contributed by atoms with Gasteiger partial charge in [0.25, 0.3) is 0 Å². The van der Waals surface area contributed by atoms with E-state index in [9.17, 15) is 19.5 Å². The Balaban J connectivity index is 2.66. The van der Waals surface area contributed by atoms with Gasteiger partial charge in [-0.1, -0.05) is 30.3 Å². The lowest BCUT2D eigenvalue weighted by Gasteiger charge is -2.14. The molecule has 0 aliphatic carbocycles. The van der Waals surface area contributed by atoms with Crippen LogP contribution >= 0.6 is 0 Å². The number of benzene rings is 1. The molecule has 4 N–H and O–H groups in total. The van der Waals surface area contributed by atoms with Gasteiger partial charge in [0, 0.05) is 0 Å². The second-order valence-corrected chi connectivity index (χ2v) is 3.78. The molecule has 8 heteroatoms. The summed E-state index contributed by atoms with van der Waals surface area (Å²) in [5.41, 5.74) is 0.151. The molecule has 0 radical (unpaired) electrons. The molecular weight excluding hydrogens is 272 g/mol. The van der Waals surface area contributed by atoms with Gasteiger partial charge in [0.1, 0.15) is 0 Å². The Morgan fingerprint density at radius 3 is 1.95 bits per heavy atom. The van der Waals surface area contributed by atoms with Gasteiger partial charge >= 0.3 is 17.9 Å². The van der Waals surface area contributed by atoms with Gasteiger partial charge in [-0.2, -0.15) is 0 Å². The monoisotopic (exact) mass is 284 g/mol. The van der Waals surface area contributed by atoms with Crippen molar-refractivity contribution >= 4 is 17.9 Å². The van der Waals surface area contributed by atoms with Crippen molar-refractivity contribution in [3.8, 4) is 0 Å². The van der Waals surface area contributed by atoms with E-state index < -0.39 is 36.2 Å². The molecule has 1 rings (SSSR count). The fourth-order valence-corrected chi connectivity index (χ4v) is 1.25. The molecule has 0 aromatic heterocycles. The zero-order valence-electron chi connectivity index (χ0n) is 10.0. The van der Waals surface area contributed by atoms with Crippen LogP contribution in [0.5, 0.6) is 0 Å². The van der Waals surface area contributed by atoms with E-state index in [4.69, 9.17) is 15.3 Å². The predicted octanol–water partition coefficient (Wildman–Crippen LogP) is -1.40. The molecule has 3 atom stereocenters. The van der Waals surface area contributed by atoms with E-state index in [1.807, 2.05) is 0 Å². The van der Waals surface area contributed by atoms with E-state index in [0.29, 0.717) is 0 Å². The molecule has 0 aliphatic rings. The minimum absolute atomic E-state index is 0.151. The number of carbonyl (C=O) groups excluding carboxylic acids is 2. The maximum Gasteiger partial charge on any atom is 0.347 e. The smallest absolute Gasteiger partial charge is 0.347 e. The number of carbonyl (C=O) groups is 3. The quantitative estimate of drug-likeness (QED) is 0.382. The van der Waals surface area contributed by atoms with Gasteiger partial charge in [-0.15, -0.1) is 0 Å². The molecule has 20 heavy (non-hydrogen) atoms. The third-order valence-corrected chi connectivity index (χ3v) is 2.33. The first-order valence-electron chi connectivity index (χ1n) is 5.42.